The zero-order chi connectivity index (χ0) is 13.1. The molecule has 18 heavy (non-hydrogen) atoms. The van der Waals surface area contributed by atoms with Gasteiger partial charge >= 0.3 is 0 Å². The Balaban J connectivity index is 2.19. The normalized spacial score (nSPS) is 15.2. The number of hydrogen-bond donors (Lipinski definition) is 0. The molecule has 2 rings (SSSR count). The number of hydrogen-bond acceptors (Lipinski definition) is 1. The van der Waals surface area contributed by atoms with Gasteiger partial charge in [-0.05, 0) is 43.7 Å². The third kappa shape index (κ3) is 3.41. The van der Waals surface area contributed by atoms with Crippen LogP contribution in [0, 0.1) is 12.8 Å². The largest absolute Gasteiger partial charge is 0.368 e. The van der Waals surface area contributed by atoms with Gasteiger partial charge in [0, 0.05) is 24.2 Å². The fraction of sp³-hybridized carbons (Fsp3) is 0.625. The first kappa shape index (κ1) is 13.7. The molecule has 1 aromatic carbocycles. The zero-order valence-electron chi connectivity index (χ0n) is 11.7. The third-order valence-corrected chi connectivity index (χ3v) is 3.91. The fourth-order valence-corrected chi connectivity index (χ4v) is 2.60. The Bertz CT molecular complexity index is 396. The van der Waals surface area contributed by atoms with E-state index in [2.05, 4.69) is 43.9 Å². The summed E-state index contributed by atoms with van der Waals surface area (Å²) in [6.07, 6.45) is 3.94. The summed E-state index contributed by atoms with van der Waals surface area (Å²) < 4.78 is 0. The topological polar surface area (TPSA) is 3.24 Å². The molecule has 2 heteroatoms. The van der Waals surface area contributed by atoms with Gasteiger partial charge in [0.05, 0.1) is 0 Å². The second-order valence-electron chi connectivity index (χ2n) is 5.87. The number of halogens is 1. The Labute approximate surface area is 116 Å². The van der Waals surface area contributed by atoms with Gasteiger partial charge in [-0.2, -0.15) is 0 Å². The summed E-state index contributed by atoms with van der Waals surface area (Å²) in [5.41, 5.74) is 3.94. The summed E-state index contributed by atoms with van der Waals surface area (Å²) in [7, 11) is 0. The lowest BCUT2D eigenvalue weighted by molar-refractivity contribution is 0.570. The maximum absolute atomic E-state index is 6.11. The van der Waals surface area contributed by atoms with Crippen molar-refractivity contribution in [2.24, 2.45) is 5.92 Å². The highest BCUT2D eigenvalue weighted by molar-refractivity contribution is 6.17. The van der Waals surface area contributed by atoms with E-state index in [0.717, 1.165) is 18.5 Å². The molecule has 0 bridgehead atoms. The maximum Gasteiger partial charge on any atom is 0.0494 e. The summed E-state index contributed by atoms with van der Waals surface area (Å²) in [5.74, 6) is 1.37. The van der Waals surface area contributed by atoms with Crippen LogP contribution < -0.4 is 4.90 Å². The van der Waals surface area contributed by atoms with Gasteiger partial charge in [-0.15, -0.1) is 11.6 Å². The highest BCUT2D eigenvalue weighted by Crippen LogP contribution is 2.35. The van der Waals surface area contributed by atoms with Gasteiger partial charge in [-0.3, -0.25) is 0 Å². The number of nitrogens with zero attached hydrogens (tertiary/aromatic N) is 1. The Morgan fingerprint density at radius 3 is 2.61 bits per heavy atom. The molecule has 1 nitrogen and oxygen atoms in total. The fourth-order valence-electron chi connectivity index (χ4n) is 2.38. The van der Waals surface area contributed by atoms with Crippen LogP contribution in [-0.2, 0) is 5.88 Å². The lowest BCUT2D eigenvalue weighted by atomic mass is 10.1. The van der Waals surface area contributed by atoms with Crippen molar-refractivity contribution in [3.63, 3.8) is 0 Å². The van der Waals surface area contributed by atoms with Crippen molar-refractivity contribution < 1.29 is 0 Å². The van der Waals surface area contributed by atoms with Crippen LogP contribution in [-0.4, -0.2) is 12.6 Å². The molecule has 1 aromatic rings. The number of benzene rings is 1. The van der Waals surface area contributed by atoms with E-state index in [9.17, 15) is 0 Å². The number of alkyl halides is 1. The van der Waals surface area contributed by atoms with Gasteiger partial charge in [-0.25, -0.2) is 0 Å². The van der Waals surface area contributed by atoms with Crippen molar-refractivity contribution in [1.29, 1.82) is 0 Å². The van der Waals surface area contributed by atoms with Crippen molar-refractivity contribution in [3.05, 3.63) is 29.3 Å². The predicted octanol–water partition coefficient (Wildman–Crippen LogP) is 4.75. The van der Waals surface area contributed by atoms with Crippen LogP contribution in [0.25, 0.3) is 0 Å². The average Bonchev–Trinajstić information content (AvgIpc) is 3.15. The average molecular weight is 266 g/mol. The molecule has 0 aromatic heterocycles. The predicted molar refractivity (Wildman–Crippen MR) is 80.6 cm³/mol. The minimum Gasteiger partial charge on any atom is -0.368 e. The maximum atomic E-state index is 6.11. The van der Waals surface area contributed by atoms with Crippen molar-refractivity contribution in [3.8, 4) is 0 Å². The Morgan fingerprint density at radius 1 is 1.33 bits per heavy atom. The summed E-state index contributed by atoms with van der Waals surface area (Å²) in [6.45, 7) is 7.88. The molecule has 1 aliphatic carbocycles. The Hall–Kier alpha value is -0.690. The lowest BCUT2D eigenvalue weighted by Gasteiger charge is -2.28. The van der Waals surface area contributed by atoms with Gasteiger partial charge in [0.25, 0.3) is 0 Å². The first-order valence-corrected chi connectivity index (χ1v) is 7.57. The molecule has 0 radical (unpaired) electrons. The van der Waals surface area contributed by atoms with E-state index >= 15 is 0 Å². The molecular weight excluding hydrogens is 242 g/mol. The zero-order valence-corrected chi connectivity index (χ0v) is 12.5. The van der Waals surface area contributed by atoms with Gasteiger partial charge < -0.3 is 4.90 Å². The van der Waals surface area contributed by atoms with E-state index in [0.29, 0.717) is 5.88 Å². The molecule has 0 aliphatic heterocycles. The highest BCUT2D eigenvalue weighted by Gasteiger charge is 2.30. The monoisotopic (exact) mass is 265 g/mol. The van der Waals surface area contributed by atoms with Gasteiger partial charge in [0.15, 0.2) is 0 Å². The van der Waals surface area contributed by atoms with E-state index < -0.39 is 0 Å². The number of rotatable bonds is 6. The highest BCUT2D eigenvalue weighted by atomic mass is 35.5. The van der Waals surface area contributed by atoms with Crippen LogP contribution in [0.3, 0.4) is 0 Å². The minimum absolute atomic E-state index is 0.613. The number of aryl methyl sites for hydroxylation is 1. The molecule has 100 valence electrons. The molecule has 0 unspecified atom stereocenters. The van der Waals surface area contributed by atoms with Crippen molar-refractivity contribution in [2.45, 2.75) is 52.0 Å². The van der Waals surface area contributed by atoms with Crippen molar-refractivity contribution in [2.75, 3.05) is 11.4 Å². The van der Waals surface area contributed by atoms with Crippen LogP contribution in [0.5, 0.6) is 0 Å². The van der Waals surface area contributed by atoms with E-state index in [1.807, 2.05) is 0 Å². The molecule has 0 heterocycles. The van der Waals surface area contributed by atoms with Crippen LogP contribution in [0.1, 0.15) is 44.2 Å². The molecule has 1 fully saturated rings. The minimum atomic E-state index is 0.613. The molecule has 1 aliphatic rings. The first-order chi connectivity index (χ1) is 8.61. The molecular formula is C16H24ClN. The molecule has 0 spiro atoms. The van der Waals surface area contributed by atoms with Gasteiger partial charge in [0.2, 0.25) is 0 Å². The van der Waals surface area contributed by atoms with E-state index in [1.54, 1.807) is 0 Å². The smallest absolute Gasteiger partial charge is 0.0494 e. The first-order valence-electron chi connectivity index (χ1n) is 7.04. The second kappa shape index (κ2) is 5.97. The molecule has 0 saturated heterocycles. The molecule has 0 N–H and O–H groups in total. The SMILES string of the molecule is Cc1ccc(N(CCC(C)C)C2CC2)c(CCl)c1. The summed E-state index contributed by atoms with van der Waals surface area (Å²) >= 11 is 6.11. The molecule has 1 saturated carbocycles. The van der Waals surface area contributed by atoms with Crippen molar-refractivity contribution >= 4 is 17.3 Å². The Kier molecular flexibility index (Phi) is 4.55. The van der Waals surface area contributed by atoms with E-state index in [1.165, 1.54) is 36.1 Å². The van der Waals surface area contributed by atoms with Gasteiger partial charge in [0.1, 0.15) is 0 Å². The summed E-state index contributed by atoms with van der Waals surface area (Å²) in [5, 5.41) is 0. The standard InChI is InChI=1S/C16H24ClN/c1-12(2)8-9-18(15-5-6-15)16-7-4-13(3)10-14(16)11-17/h4,7,10,12,15H,5-6,8-9,11H2,1-3H3. The third-order valence-electron chi connectivity index (χ3n) is 3.62. The molecule has 0 amide bonds. The second-order valence-corrected chi connectivity index (χ2v) is 6.14. The van der Waals surface area contributed by atoms with Crippen LogP contribution in [0.2, 0.25) is 0 Å². The van der Waals surface area contributed by atoms with Gasteiger partial charge in [-0.1, -0.05) is 31.5 Å². The lowest BCUT2D eigenvalue weighted by Crippen LogP contribution is -2.28. The molecule has 0 atom stereocenters. The summed E-state index contributed by atoms with van der Waals surface area (Å²) in [4.78, 5) is 2.58. The summed E-state index contributed by atoms with van der Waals surface area (Å²) in [6, 6.07) is 7.45. The van der Waals surface area contributed by atoms with Crippen LogP contribution >= 0.6 is 11.6 Å². The van der Waals surface area contributed by atoms with Crippen LogP contribution in [0.15, 0.2) is 18.2 Å². The van der Waals surface area contributed by atoms with E-state index in [4.69, 9.17) is 11.6 Å². The quantitative estimate of drug-likeness (QED) is 0.671. The van der Waals surface area contributed by atoms with E-state index in [-0.39, 0.29) is 0 Å². The Morgan fingerprint density at radius 2 is 2.06 bits per heavy atom. The van der Waals surface area contributed by atoms with Crippen molar-refractivity contribution in [1.82, 2.24) is 0 Å². The van der Waals surface area contributed by atoms with Crippen LogP contribution in [0.4, 0.5) is 5.69 Å². The number of anilines is 1.